The molecule has 2 heterocycles. The van der Waals surface area contributed by atoms with E-state index in [1.54, 1.807) is 0 Å². The zero-order chi connectivity index (χ0) is 18.4. The summed E-state index contributed by atoms with van der Waals surface area (Å²) in [6.45, 7) is 8.65. The van der Waals surface area contributed by atoms with Gasteiger partial charge in [0.1, 0.15) is 11.3 Å². The number of nitrogens with one attached hydrogen (secondary N) is 1. The van der Waals surface area contributed by atoms with Gasteiger partial charge in [-0.15, -0.1) is 0 Å². The first-order valence-corrected chi connectivity index (χ1v) is 9.68. The Morgan fingerprint density at radius 3 is 2.73 bits per heavy atom. The Morgan fingerprint density at radius 1 is 1.23 bits per heavy atom. The lowest BCUT2D eigenvalue weighted by molar-refractivity contribution is -0.121. The molecule has 26 heavy (non-hydrogen) atoms. The maximum absolute atomic E-state index is 12.3. The third-order valence-electron chi connectivity index (χ3n) is 4.92. The molecule has 0 aliphatic carbocycles. The van der Waals surface area contributed by atoms with Gasteiger partial charge in [-0.2, -0.15) is 0 Å². The summed E-state index contributed by atoms with van der Waals surface area (Å²) in [6.07, 6.45) is 2.17. The third kappa shape index (κ3) is 5.32. The average Bonchev–Trinajstić information content (AvgIpc) is 3.07. The largest absolute Gasteiger partial charge is 0.461 e. The quantitative estimate of drug-likeness (QED) is 0.787. The second-order valence-corrected chi connectivity index (χ2v) is 7.49. The number of morpholine rings is 1. The van der Waals surface area contributed by atoms with Crippen molar-refractivity contribution in [2.45, 2.75) is 39.2 Å². The number of ether oxygens (including phenoxy) is 1. The molecule has 0 radical (unpaired) electrons. The first kappa shape index (κ1) is 18.9. The van der Waals surface area contributed by atoms with Crippen LogP contribution in [-0.2, 0) is 16.0 Å². The molecule has 5 heteroatoms. The molecule has 3 rings (SSSR count). The second-order valence-electron chi connectivity index (χ2n) is 7.49. The van der Waals surface area contributed by atoms with Gasteiger partial charge in [0.15, 0.2) is 0 Å². The van der Waals surface area contributed by atoms with Crippen LogP contribution in [0, 0.1) is 5.92 Å². The molecule has 0 spiro atoms. The molecular weight excluding hydrogens is 328 g/mol. The van der Waals surface area contributed by atoms with Crippen LogP contribution in [0.5, 0.6) is 0 Å². The van der Waals surface area contributed by atoms with Crippen LogP contribution >= 0.6 is 0 Å². The summed E-state index contributed by atoms with van der Waals surface area (Å²) in [4.78, 5) is 14.8. The minimum absolute atomic E-state index is 0.0903. The molecule has 0 bridgehead atoms. The molecule has 2 aromatic rings. The van der Waals surface area contributed by atoms with E-state index in [2.05, 4.69) is 24.1 Å². The van der Waals surface area contributed by atoms with Gasteiger partial charge in [-0.05, 0) is 24.5 Å². The van der Waals surface area contributed by atoms with Gasteiger partial charge in [0, 0.05) is 43.9 Å². The van der Waals surface area contributed by atoms with Gasteiger partial charge in [-0.1, -0.05) is 32.0 Å². The highest BCUT2D eigenvalue weighted by molar-refractivity contribution is 5.78. The van der Waals surface area contributed by atoms with Crippen LogP contribution in [0.2, 0.25) is 0 Å². The van der Waals surface area contributed by atoms with E-state index in [0.717, 1.165) is 49.5 Å². The van der Waals surface area contributed by atoms with E-state index in [1.165, 1.54) is 0 Å². The summed E-state index contributed by atoms with van der Waals surface area (Å²) in [5.74, 6) is 1.57. The molecule has 0 saturated carbocycles. The Balaban J connectivity index is 1.47. The van der Waals surface area contributed by atoms with Gasteiger partial charge in [0.2, 0.25) is 5.91 Å². The van der Waals surface area contributed by atoms with Gasteiger partial charge in [0.05, 0.1) is 13.2 Å². The van der Waals surface area contributed by atoms with E-state index in [4.69, 9.17) is 9.15 Å². The van der Waals surface area contributed by atoms with Gasteiger partial charge >= 0.3 is 0 Å². The van der Waals surface area contributed by atoms with E-state index in [1.807, 2.05) is 30.3 Å². The normalized spacial score (nSPS) is 16.9. The highest BCUT2D eigenvalue weighted by atomic mass is 16.5. The van der Waals surface area contributed by atoms with E-state index in [0.29, 0.717) is 31.3 Å². The van der Waals surface area contributed by atoms with Crippen molar-refractivity contribution >= 4 is 16.9 Å². The number of benzene rings is 1. The maximum Gasteiger partial charge on any atom is 0.220 e. The molecule has 1 aliphatic rings. The summed E-state index contributed by atoms with van der Waals surface area (Å²) in [5, 5.41) is 4.22. The number of amides is 1. The van der Waals surface area contributed by atoms with Crippen molar-refractivity contribution in [3.8, 4) is 0 Å². The summed E-state index contributed by atoms with van der Waals surface area (Å²) in [5.41, 5.74) is 0.882. The number of furan rings is 1. The van der Waals surface area contributed by atoms with E-state index >= 15 is 0 Å². The number of rotatable bonds is 8. The number of hydrogen-bond donors (Lipinski definition) is 1. The molecule has 142 valence electrons. The van der Waals surface area contributed by atoms with Crippen molar-refractivity contribution < 1.29 is 13.9 Å². The molecule has 1 aliphatic heterocycles. The molecule has 1 fully saturated rings. The van der Waals surface area contributed by atoms with Crippen LogP contribution in [0.3, 0.4) is 0 Å². The van der Waals surface area contributed by atoms with Gasteiger partial charge in [-0.3, -0.25) is 9.69 Å². The van der Waals surface area contributed by atoms with Gasteiger partial charge in [-0.25, -0.2) is 0 Å². The Bertz CT molecular complexity index is 671. The summed E-state index contributed by atoms with van der Waals surface area (Å²) in [7, 11) is 0. The fourth-order valence-corrected chi connectivity index (χ4v) is 3.57. The number of para-hydroxylation sites is 1. The lowest BCUT2D eigenvalue weighted by Crippen LogP contribution is -2.49. The Kier molecular flexibility index (Phi) is 6.69. The number of hydrogen-bond acceptors (Lipinski definition) is 4. The zero-order valence-electron chi connectivity index (χ0n) is 15.9. The van der Waals surface area contributed by atoms with E-state index < -0.39 is 0 Å². The highest BCUT2D eigenvalue weighted by Crippen LogP contribution is 2.19. The van der Waals surface area contributed by atoms with E-state index in [-0.39, 0.29) is 5.91 Å². The fraction of sp³-hybridized carbons (Fsp3) is 0.571. The SMILES string of the molecule is CC(C)CC(CNC(=O)CCc1cc2ccccc2o1)N1CCOCC1. The topological polar surface area (TPSA) is 54.7 Å². The minimum atomic E-state index is 0.0903. The maximum atomic E-state index is 12.3. The molecule has 1 saturated heterocycles. The van der Waals surface area contributed by atoms with Crippen LogP contribution in [-0.4, -0.2) is 49.7 Å². The van der Waals surface area contributed by atoms with Crippen molar-refractivity contribution in [2.75, 3.05) is 32.8 Å². The number of aryl methyl sites for hydroxylation is 1. The molecule has 1 aromatic heterocycles. The smallest absolute Gasteiger partial charge is 0.220 e. The average molecular weight is 358 g/mol. The van der Waals surface area contributed by atoms with Crippen molar-refractivity contribution in [1.29, 1.82) is 0 Å². The van der Waals surface area contributed by atoms with Gasteiger partial charge in [0.25, 0.3) is 0 Å². The number of carbonyl (C=O) groups excluding carboxylic acids is 1. The summed E-state index contributed by atoms with van der Waals surface area (Å²) >= 11 is 0. The van der Waals surface area contributed by atoms with Crippen LogP contribution in [0.15, 0.2) is 34.7 Å². The Labute approximate surface area is 155 Å². The van der Waals surface area contributed by atoms with Gasteiger partial charge < -0.3 is 14.5 Å². The van der Waals surface area contributed by atoms with Crippen molar-refractivity contribution in [2.24, 2.45) is 5.92 Å². The minimum Gasteiger partial charge on any atom is -0.461 e. The van der Waals surface area contributed by atoms with Crippen molar-refractivity contribution in [1.82, 2.24) is 10.2 Å². The van der Waals surface area contributed by atoms with Crippen molar-refractivity contribution in [3.63, 3.8) is 0 Å². The molecule has 1 atom stereocenters. The number of fused-ring (bicyclic) bond motifs is 1. The standard InChI is InChI=1S/C21H30N2O3/c1-16(2)13-18(23-9-11-25-12-10-23)15-22-21(24)8-7-19-14-17-5-3-4-6-20(17)26-19/h3-6,14,16,18H,7-13,15H2,1-2H3,(H,22,24). The van der Waals surface area contributed by atoms with Crippen LogP contribution < -0.4 is 5.32 Å². The summed E-state index contributed by atoms with van der Waals surface area (Å²) in [6, 6.07) is 10.4. The van der Waals surface area contributed by atoms with Crippen molar-refractivity contribution in [3.05, 3.63) is 36.1 Å². The lowest BCUT2D eigenvalue weighted by Gasteiger charge is -2.35. The molecule has 1 N–H and O–H groups in total. The monoisotopic (exact) mass is 358 g/mol. The van der Waals surface area contributed by atoms with Crippen LogP contribution in [0.4, 0.5) is 0 Å². The molecule has 5 nitrogen and oxygen atoms in total. The molecular formula is C21H30N2O3. The first-order chi connectivity index (χ1) is 12.6. The molecule has 1 unspecified atom stereocenters. The number of nitrogens with zero attached hydrogens (tertiary/aromatic N) is 1. The van der Waals surface area contributed by atoms with Crippen LogP contribution in [0.25, 0.3) is 11.0 Å². The van der Waals surface area contributed by atoms with E-state index in [9.17, 15) is 4.79 Å². The zero-order valence-corrected chi connectivity index (χ0v) is 15.9. The highest BCUT2D eigenvalue weighted by Gasteiger charge is 2.22. The lowest BCUT2D eigenvalue weighted by atomic mass is 10.0. The first-order valence-electron chi connectivity index (χ1n) is 9.68. The second kappa shape index (κ2) is 9.19. The Morgan fingerprint density at radius 2 is 2.00 bits per heavy atom. The molecule has 1 amide bonds. The predicted octanol–water partition coefficient (Wildman–Crippen LogP) is 3.23. The third-order valence-corrected chi connectivity index (χ3v) is 4.92. The fourth-order valence-electron chi connectivity index (χ4n) is 3.57. The summed E-state index contributed by atoms with van der Waals surface area (Å²) < 4.78 is 11.2. The van der Waals surface area contributed by atoms with Crippen LogP contribution in [0.1, 0.15) is 32.4 Å². The predicted molar refractivity (Wildman–Crippen MR) is 103 cm³/mol. The molecule has 1 aromatic carbocycles. The Hall–Kier alpha value is -1.85. The number of carbonyl (C=O) groups is 1.